The van der Waals surface area contributed by atoms with Crippen LogP contribution in [0.4, 0.5) is 0 Å². The van der Waals surface area contributed by atoms with Crippen LogP contribution in [0.3, 0.4) is 0 Å². The molecule has 0 saturated carbocycles. The van der Waals surface area contributed by atoms with Gasteiger partial charge >= 0.3 is 0 Å². The fraction of sp³-hybridized carbons (Fsp3) is 0.867. The molecule has 6 heteroatoms. The lowest BCUT2D eigenvalue weighted by Gasteiger charge is -2.36. The Labute approximate surface area is 146 Å². The van der Waals surface area contributed by atoms with Gasteiger partial charge in [-0.15, -0.1) is 24.0 Å². The van der Waals surface area contributed by atoms with Gasteiger partial charge < -0.3 is 15.1 Å². The lowest BCUT2D eigenvalue weighted by Crippen LogP contribution is -2.53. The van der Waals surface area contributed by atoms with Crippen LogP contribution < -0.4 is 5.32 Å². The highest BCUT2D eigenvalue weighted by atomic mass is 127. The Morgan fingerprint density at radius 3 is 2.05 bits per heavy atom. The van der Waals surface area contributed by atoms with E-state index in [9.17, 15) is 4.79 Å². The maximum Gasteiger partial charge on any atom is 0.219 e. The van der Waals surface area contributed by atoms with Crippen molar-refractivity contribution in [1.82, 2.24) is 15.1 Å². The molecule has 5 nitrogen and oxygen atoms in total. The maximum atomic E-state index is 11.4. The highest BCUT2D eigenvalue weighted by Crippen LogP contribution is 2.09. The smallest absolute Gasteiger partial charge is 0.219 e. The first-order chi connectivity index (χ1) is 9.62. The Morgan fingerprint density at radius 1 is 1.10 bits per heavy atom. The zero-order chi connectivity index (χ0) is 15.0. The summed E-state index contributed by atoms with van der Waals surface area (Å²) < 4.78 is 0. The van der Waals surface area contributed by atoms with E-state index in [1.54, 1.807) is 6.92 Å². The standard InChI is InChI=1S/C15H30N4O.HI/c1-5-14(6-2)12-17-15(16-7-3)19-10-8-18(9-11-19)13(4)20;/h14H,5-12H2,1-4H3,(H,16,17);1H. The molecule has 0 radical (unpaired) electrons. The number of amides is 1. The van der Waals surface area contributed by atoms with Crippen LogP contribution in [0.1, 0.15) is 40.5 Å². The summed E-state index contributed by atoms with van der Waals surface area (Å²) in [6.45, 7) is 13.3. The molecule has 0 bridgehead atoms. The van der Waals surface area contributed by atoms with Crippen LogP contribution in [0.5, 0.6) is 0 Å². The minimum Gasteiger partial charge on any atom is -0.357 e. The van der Waals surface area contributed by atoms with E-state index >= 15 is 0 Å². The van der Waals surface area contributed by atoms with Crippen LogP contribution in [-0.2, 0) is 4.79 Å². The molecule has 0 aromatic carbocycles. The molecule has 0 atom stereocenters. The fourth-order valence-corrected chi connectivity index (χ4v) is 2.42. The zero-order valence-corrected chi connectivity index (χ0v) is 16.2. The van der Waals surface area contributed by atoms with Gasteiger partial charge in [-0.05, 0) is 12.8 Å². The molecular formula is C15H31IN4O. The molecule has 0 aromatic rings. The SMILES string of the molecule is CCNC(=NCC(CC)CC)N1CCN(C(C)=O)CC1.I. The molecule has 1 saturated heterocycles. The third kappa shape index (κ3) is 6.84. The topological polar surface area (TPSA) is 47.9 Å². The quantitative estimate of drug-likeness (QED) is 0.430. The number of hydrogen-bond donors (Lipinski definition) is 1. The van der Waals surface area contributed by atoms with Crippen LogP contribution in [0.2, 0.25) is 0 Å². The summed E-state index contributed by atoms with van der Waals surface area (Å²) in [6, 6.07) is 0. The minimum absolute atomic E-state index is 0. The highest BCUT2D eigenvalue weighted by Gasteiger charge is 2.20. The van der Waals surface area contributed by atoms with Crippen LogP contribution in [0.25, 0.3) is 0 Å². The van der Waals surface area contributed by atoms with Gasteiger partial charge in [-0.1, -0.05) is 26.7 Å². The van der Waals surface area contributed by atoms with Crippen molar-refractivity contribution in [1.29, 1.82) is 0 Å². The van der Waals surface area contributed by atoms with Crippen LogP contribution in [-0.4, -0.2) is 60.9 Å². The Balaban J connectivity index is 0.00000400. The van der Waals surface area contributed by atoms with Crippen molar-refractivity contribution in [3.8, 4) is 0 Å². The van der Waals surface area contributed by atoms with Crippen molar-refractivity contribution in [2.75, 3.05) is 39.3 Å². The number of rotatable bonds is 5. The Kier molecular flexibility index (Phi) is 10.8. The van der Waals surface area contributed by atoms with Gasteiger partial charge in [0, 0.05) is 46.2 Å². The van der Waals surface area contributed by atoms with E-state index in [0.29, 0.717) is 5.92 Å². The number of carbonyl (C=O) groups is 1. The monoisotopic (exact) mass is 410 g/mol. The molecule has 1 aliphatic rings. The lowest BCUT2D eigenvalue weighted by molar-refractivity contribution is -0.130. The molecule has 1 fully saturated rings. The molecule has 1 amide bonds. The average molecular weight is 410 g/mol. The molecule has 0 spiro atoms. The summed E-state index contributed by atoms with van der Waals surface area (Å²) >= 11 is 0. The molecule has 1 heterocycles. The van der Waals surface area contributed by atoms with Gasteiger partial charge in [0.25, 0.3) is 0 Å². The lowest BCUT2D eigenvalue weighted by atomic mass is 10.0. The number of halogens is 1. The molecular weight excluding hydrogens is 379 g/mol. The largest absolute Gasteiger partial charge is 0.357 e. The second-order valence-electron chi connectivity index (χ2n) is 5.37. The van der Waals surface area contributed by atoms with Gasteiger partial charge in [-0.25, -0.2) is 0 Å². The fourth-order valence-electron chi connectivity index (χ4n) is 2.42. The summed E-state index contributed by atoms with van der Waals surface area (Å²) in [5.41, 5.74) is 0. The van der Waals surface area contributed by atoms with E-state index in [4.69, 9.17) is 4.99 Å². The summed E-state index contributed by atoms with van der Waals surface area (Å²) in [7, 11) is 0. The van der Waals surface area contributed by atoms with Crippen molar-refractivity contribution in [3.05, 3.63) is 0 Å². The summed E-state index contributed by atoms with van der Waals surface area (Å²) in [4.78, 5) is 20.3. The second-order valence-corrected chi connectivity index (χ2v) is 5.37. The second kappa shape index (κ2) is 11.1. The normalized spacial score (nSPS) is 16.0. The van der Waals surface area contributed by atoms with Crippen LogP contribution in [0, 0.1) is 5.92 Å². The van der Waals surface area contributed by atoms with Crippen molar-refractivity contribution < 1.29 is 4.79 Å². The number of carbonyl (C=O) groups excluding carboxylic acids is 1. The Morgan fingerprint density at radius 2 is 1.62 bits per heavy atom. The number of aliphatic imine (C=N–C) groups is 1. The van der Waals surface area contributed by atoms with E-state index in [1.807, 2.05) is 4.90 Å². The van der Waals surface area contributed by atoms with Gasteiger partial charge in [0.2, 0.25) is 5.91 Å². The number of guanidine groups is 1. The van der Waals surface area contributed by atoms with Crippen LogP contribution in [0.15, 0.2) is 4.99 Å². The predicted octanol–water partition coefficient (Wildman–Crippen LogP) is 2.17. The summed E-state index contributed by atoms with van der Waals surface area (Å²) in [5.74, 6) is 1.84. The van der Waals surface area contributed by atoms with Crippen LogP contribution >= 0.6 is 24.0 Å². The average Bonchev–Trinajstić information content (AvgIpc) is 2.47. The van der Waals surface area contributed by atoms with E-state index in [1.165, 1.54) is 12.8 Å². The molecule has 21 heavy (non-hydrogen) atoms. The number of hydrogen-bond acceptors (Lipinski definition) is 2. The number of nitrogens with one attached hydrogen (secondary N) is 1. The van der Waals surface area contributed by atoms with Crippen molar-refractivity contribution in [2.24, 2.45) is 10.9 Å². The maximum absolute atomic E-state index is 11.4. The molecule has 1 rings (SSSR count). The summed E-state index contributed by atoms with van der Waals surface area (Å²) in [6.07, 6.45) is 2.36. The van der Waals surface area contributed by atoms with E-state index in [0.717, 1.165) is 45.2 Å². The van der Waals surface area contributed by atoms with Crippen molar-refractivity contribution in [3.63, 3.8) is 0 Å². The number of piperazine rings is 1. The Hall–Kier alpha value is -0.530. The third-order valence-electron chi connectivity index (χ3n) is 4.01. The van der Waals surface area contributed by atoms with Gasteiger partial charge in [-0.2, -0.15) is 0 Å². The highest BCUT2D eigenvalue weighted by molar-refractivity contribution is 14.0. The van der Waals surface area contributed by atoms with Crippen molar-refractivity contribution >= 4 is 35.8 Å². The van der Waals surface area contributed by atoms with E-state index in [2.05, 4.69) is 31.0 Å². The van der Waals surface area contributed by atoms with E-state index < -0.39 is 0 Å². The molecule has 0 unspecified atom stereocenters. The van der Waals surface area contributed by atoms with Gasteiger partial charge in [0.05, 0.1) is 0 Å². The van der Waals surface area contributed by atoms with Crippen molar-refractivity contribution in [2.45, 2.75) is 40.5 Å². The number of nitrogens with zero attached hydrogens (tertiary/aromatic N) is 3. The summed E-state index contributed by atoms with van der Waals surface area (Å²) in [5, 5.41) is 3.37. The first-order valence-electron chi connectivity index (χ1n) is 7.91. The molecule has 0 aromatic heterocycles. The van der Waals surface area contributed by atoms with Gasteiger partial charge in [-0.3, -0.25) is 9.79 Å². The van der Waals surface area contributed by atoms with Gasteiger partial charge in [0.15, 0.2) is 5.96 Å². The van der Waals surface area contributed by atoms with Gasteiger partial charge in [0.1, 0.15) is 0 Å². The molecule has 1 aliphatic heterocycles. The zero-order valence-electron chi connectivity index (χ0n) is 13.9. The third-order valence-corrected chi connectivity index (χ3v) is 4.01. The molecule has 124 valence electrons. The Bertz CT molecular complexity index is 324. The predicted molar refractivity (Wildman–Crippen MR) is 99.3 cm³/mol. The molecule has 1 N–H and O–H groups in total. The van der Waals surface area contributed by atoms with E-state index in [-0.39, 0.29) is 29.9 Å². The molecule has 0 aliphatic carbocycles. The first-order valence-corrected chi connectivity index (χ1v) is 7.91. The first kappa shape index (κ1) is 20.5. The minimum atomic E-state index is 0.